The first-order valence-electron chi connectivity index (χ1n) is 5.53. The molecule has 0 aromatic carbocycles. The second kappa shape index (κ2) is 4.47. The highest BCUT2D eigenvalue weighted by atomic mass is 16.2. The molecule has 2 rings (SSSR count). The molecule has 1 aliphatic carbocycles. The highest BCUT2D eigenvalue weighted by Crippen LogP contribution is 2.25. The van der Waals surface area contributed by atoms with Crippen molar-refractivity contribution in [3.05, 3.63) is 17.5 Å². The van der Waals surface area contributed by atoms with Gasteiger partial charge in [-0.25, -0.2) is 9.97 Å². The Balaban J connectivity index is 1.91. The van der Waals surface area contributed by atoms with Crippen LogP contribution in [0, 0.1) is 19.8 Å². The fourth-order valence-electron chi connectivity index (χ4n) is 1.67. The molecule has 1 heterocycles. The van der Waals surface area contributed by atoms with E-state index < -0.39 is 0 Å². The average molecular weight is 220 g/mol. The topological polar surface area (TPSA) is 66.9 Å². The van der Waals surface area contributed by atoms with Crippen molar-refractivity contribution in [2.45, 2.75) is 33.1 Å². The lowest BCUT2D eigenvalue weighted by atomic mass is 9.85. The van der Waals surface area contributed by atoms with Gasteiger partial charge < -0.3 is 0 Å². The zero-order chi connectivity index (χ0) is 11.5. The zero-order valence-electron chi connectivity index (χ0n) is 9.58. The van der Waals surface area contributed by atoms with E-state index in [0.29, 0.717) is 5.95 Å². The van der Waals surface area contributed by atoms with Gasteiger partial charge >= 0.3 is 0 Å². The smallest absolute Gasteiger partial charge is 0.242 e. The summed E-state index contributed by atoms with van der Waals surface area (Å²) in [5.74, 6) is 0.651. The predicted octanol–water partition coefficient (Wildman–Crippen LogP) is 1.34. The van der Waals surface area contributed by atoms with Crippen LogP contribution in [0.5, 0.6) is 0 Å². The molecule has 5 heteroatoms. The molecule has 1 fully saturated rings. The number of amides is 1. The van der Waals surface area contributed by atoms with E-state index in [1.54, 1.807) is 0 Å². The lowest BCUT2D eigenvalue weighted by molar-refractivity contribution is -0.126. The molecule has 5 nitrogen and oxygen atoms in total. The first kappa shape index (κ1) is 10.9. The number of nitrogens with zero attached hydrogens (tertiary/aromatic N) is 2. The summed E-state index contributed by atoms with van der Waals surface area (Å²) in [6, 6.07) is 1.89. The predicted molar refractivity (Wildman–Crippen MR) is 60.6 cm³/mol. The quantitative estimate of drug-likeness (QED) is 0.754. The molecule has 0 spiro atoms. The van der Waals surface area contributed by atoms with E-state index in [0.717, 1.165) is 30.7 Å². The van der Waals surface area contributed by atoms with Gasteiger partial charge in [-0.15, -0.1) is 0 Å². The number of nitrogens with one attached hydrogen (secondary N) is 2. The van der Waals surface area contributed by atoms with Gasteiger partial charge in [-0.05, 0) is 32.8 Å². The molecule has 1 aromatic heterocycles. The monoisotopic (exact) mass is 220 g/mol. The Morgan fingerprint density at radius 1 is 1.31 bits per heavy atom. The third-order valence-corrected chi connectivity index (χ3v) is 2.76. The van der Waals surface area contributed by atoms with Crippen LogP contribution in [-0.4, -0.2) is 15.9 Å². The molecule has 1 aliphatic rings. The Hall–Kier alpha value is -1.65. The van der Waals surface area contributed by atoms with Crippen LogP contribution in [0.1, 0.15) is 30.7 Å². The number of carbonyl (C=O) groups excluding carboxylic acids is 1. The van der Waals surface area contributed by atoms with Crippen molar-refractivity contribution in [3.63, 3.8) is 0 Å². The van der Waals surface area contributed by atoms with E-state index in [1.807, 2.05) is 19.9 Å². The lowest BCUT2D eigenvalue weighted by Crippen LogP contribution is -2.38. The maximum absolute atomic E-state index is 11.5. The summed E-state index contributed by atoms with van der Waals surface area (Å²) in [6.45, 7) is 3.79. The van der Waals surface area contributed by atoms with Gasteiger partial charge in [0.05, 0.1) is 0 Å². The minimum Gasteiger partial charge on any atom is -0.273 e. The van der Waals surface area contributed by atoms with Crippen molar-refractivity contribution < 1.29 is 4.79 Å². The number of hydrogen-bond donors (Lipinski definition) is 2. The second-order valence-corrected chi connectivity index (χ2v) is 4.22. The van der Waals surface area contributed by atoms with E-state index in [1.165, 1.54) is 0 Å². The van der Waals surface area contributed by atoms with Gasteiger partial charge in [-0.3, -0.25) is 15.6 Å². The van der Waals surface area contributed by atoms with Crippen LogP contribution in [0.4, 0.5) is 5.95 Å². The van der Waals surface area contributed by atoms with Gasteiger partial charge in [0.2, 0.25) is 11.9 Å². The minimum atomic E-state index is 0.0361. The molecule has 0 bridgehead atoms. The maximum Gasteiger partial charge on any atom is 0.242 e. The third-order valence-electron chi connectivity index (χ3n) is 2.76. The first-order chi connectivity index (χ1) is 7.65. The Labute approximate surface area is 94.7 Å². The summed E-state index contributed by atoms with van der Waals surface area (Å²) in [6.07, 6.45) is 3.13. The van der Waals surface area contributed by atoms with Crippen molar-refractivity contribution in [1.29, 1.82) is 0 Å². The normalized spacial score (nSPS) is 15.4. The molecule has 2 N–H and O–H groups in total. The van der Waals surface area contributed by atoms with Gasteiger partial charge in [0.15, 0.2) is 0 Å². The van der Waals surface area contributed by atoms with Crippen LogP contribution in [0.15, 0.2) is 6.07 Å². The summed E-state index contributed by atoms with van der Waals surface area (Å²) in [4.78, 5) is 19.9. The number of hydrazine groups is 1. The molecule has 1 saturated carbocycles. The Morgan fingerprint density at radius 3 is 2.44 bits per heavy atom. The third kappa shape index (κ3) is 2.48. The minimum absolute atomic E-state index is 0.0361. The summed E-state index contributed by atoms with van der Waals surface area (Å²) in [5, 5.41) is 0. The highest BCUT2D eigenvalue weighted by Gasteiger charge is 2.24. The van der Waals surface area contributed by atoms with Crippen molar-refractivity contribution >= 4 is 11.9 Å². The van der Waals surface area contributed by atoms with E-state index in [9.17, 15) is 4.79 Å². The fourth-order valence-corrected chi connectivity index (χ4v) is 1.67. The molecule has 1 aromatic rings. The van der Waals surface area contributed by atoms with Crippen LogP contribution in [-0.2, 0) is 4.79 Å². The van der Waals surface area contributed by atoms with Crippen molar-refractivity contribution in [2.24, 2.45) is 5.92 Å². The van der Waals surface area contributed by atoms with E-state index in [2.05, 4.69) is 20.8 Å². The average Bonchev–Trinajstić information content (AvgIpc) is 2.10. The summed E-state index contributed by atoms with van der Waals surface area (Å²) in [5.41, 5.74) is 7.16. The molecule has 0 saturated heterocycles. The number of aryl methyl sites for hydroxylation is 2. The summed E-state index contributed by atoms with van der Waals surface area (Å²) < 4.78 is 0. The molecule has 1 amide bonds. The molecule has 16 heavy (non-hydrogen) atoms. The van der Waals surface area contributed by atoms with Gasteiger partial charge in [0.1, 0.15) is 0 Å². The summed E-state index contributed by atoms with van der Waals surface area (Å²) >= 11 is 0. The Morgan fingerprint density at radius 2 is 1.94 bits per heavy atom. The van der Waals surface area contributed by atoms with Crippen LogP contribution in [0.25, 0.3) is 0 Å². The standard InChI is InChI=1S/C11H16N4O/c1-7-6-8(2)13-11(12-7)15-14-10(16)9-4-3-5-9/h6,9H,3-5H2,1-2H3,(H,14,16)(H,12,13,15). The number of carbonyl (C=O) groups is 1. The second-order valence-electron chi connectivity index (χ2n) is 4.22. The number of aromatic nitrogens is 2. The zero-order valence-corrected chi connectivity index (χ0v) is 9.58. The van der Waals surface area contributed by atoms with Crippen molar-refractivity contribution in [2.75, 3.05) is 5.43 Å². The van der Waals surface area contributed by atoms with Crippen LogP contribution < -0.4 is 10.9 Å². The van der Waals surface area contributed by atoms with E-state index in [4.69, 9.17) is 0 Å². The molecule has 0 atom stereocenters. The number of rotatable bonds is 3. The first-order valence-corrected chi connectivity index (χ1v) is 5.53. The Kier molecular flexibility index (Phi) is 3.03. The highest BCUT2D eigenvalue weighted by molar-refractivity contribution is 5.80. The molecule has 0 radical (unpaired) electrons. The van der Waals surface area contributed by atoms with Crippen molar-refractivity contribution in [1.82, 2.24) is 15.4 Å². The van der Waals surface area contributed by atoms with Gasteiger partial charge in [-0.1, -0.05) is 6.42 Å². The van der Waals surface area contributed by atoms with Crippen molar-refractivity contribution in [3.8, 4) is 0 Å². The van der Waals surface area contributed by atoms with E-state index >= 15 is 0 Å². The summed E-state index contributed by atoms with van der Waals surface area (Å²) in [7, 11) is 0. The van der Waals surface area contributed by atoms with Gasteiger partial charge in [0, 0.05) is 17.3 Å². The lowest BCUT2D eigenvalue weighted by Gasteiger charge is -2.24. The molecule has 86 valence electrons. The molecule has 0 unspecified atom stereocenters. The number of anilines is 1. The van der Waals surface area contributed by atoms with Crippen LogP contribution >= 0.6 is 0 Å². The molecule has 0 aliphatic heterocycles. The molecular weight excluding hydrogens is 204 g/mol. The maximum atomic E-state index is 11.5. The SMILES string of the molecule is Cc1cc(C)nc(NNC(=O)C2CCC2)n1. The van der Waals surface area contributed by atoms with Gasteiger partial charge in [0.25, 0.3) is 0 Å². The molecular formula is C11H16N4O. The van der Waals surface area contributed by atoms with Crippen LogP contribution in [0.3, 0.4) is 0 Å². The fraction of sp³-hybridized carbons (Fsp3) is 0.545. The Bertz CT molecular complexity index is 381. The van der Waals surface area contributed by atoms with Gasteiger partial charge in [-0.2, -0.15) is 0 Å². The largest absolute Gasteiger partial charge is 0.273 e. The van der Waals surface area contributed by atoms with E-state index in [-0.39, 0.29) is 11.8 Å². The number of hydrogen-bond acceptors (Lipinski definition) is 4. The van der Waals surface area contributed by atoms with Crippen LogP contribution in [0.2, 0.25) is 0 Å².